The van der Waals surface area contributed by atoms with E-state index in [1.54, 1.807) is 6.20 Å². The number of imidazole rings is 1. The first kappa shape index (κ1) is 23.5. The largest absolute Gasteiger partial charge is 0.490 e. The van der Waals surface area contributed by atoms with Gasteiger partial charge in [0.2, 0.25) is 0 Å². The number of halogens is 3. The summed E-state index contributed by atoms with van der Waals surface area (Å²) in [5.74, 6) is -1.33. The SMILES string of the molecule is CCN(CC)CC1CN(C(=O)c2ccc[nH]2)Cc2nccn2C1.O=C(O)C(F)(F)F. The van der Waals surface area contributed by atoms with Crippen molar-refractivity contribution in [1.82, 2.24) is 24.3 Å². The Morgan fingerprint density at radius 2 is 1.97 bits per heavy atom. The Bertz CT molecular complexity index is 816. The molecule has 0 spiro atoms. The number of nitrogens with zero attached hydrogens (tertiary/aromatic N) is 4. The third-order valence-corrected chi connectivity index (χ3v) is 4.84. The lowest BCUT2D eigenvalue weighted by atomic mass is 10.1. The van der Waals surface area contributed by atoms with Crippen LogP contribution in [0.15, 0.2) is 30.7 Å². The van der Waals surface area contributed by atoms with Crippen molar-refractivity contribution in [2.75, 3.05) is 26.2 Å². The van der Waals surface area contributed by atoms with Gasteiger partial charge in [0.1, 0.15) is 11.5 Å². The molecule has 1 aliphatic heterocycles. The summed E-state index contributed by atoms with van der Waals surface area (Å²) >= 11 is 0. The summed E-state index contributed by atoms with van der Waals surface area (Å²) in [5.41, 5.74) is 0.645. The number of aromatic amines is 1. The van der Waals surface area contributed by atoms with Gasteiger partial charge in [-0.3, -0.25) is 4.79 Å². The van der Waals surface area contributed by atoms with E-state index in [-0.39, 0.29) is 5.91 Å². The molecular formula is C19H26F3N5O3. The van der Waals surface area contributed by atoms with E-state index in [1.165, 1.54) is 0 Å². The fourth-order valence-electron chi connectivity index (χ4n) is 3.29. The third-order valence-electron chi connectivity index (χ3n) is 4.84. The summed E-state index contributed by atoms with van der Waals surface area (Å²) in [7, 11) is 0. The predicted molar refractivity (Wildman–Crippen MR) is 103 cm³/mol. The Kier molecular flexibility index (Phi) is 8.04. The summed E-state index contributed by atoms with van der Waals surface area (Å²) in [6, 6.07) is 3.69. The van der Waals surface area contributed by atoms with Crippen LogP contribution in [0.4, 0.5) is 13.2 Å². The summed E-state index contributed by atoms with van der Waals surface area (Å²) in [5, 5.41) is 7.12. The highest BCUT2D eigenvalue weighted by Gasteiger charge is 2.38. The van der Waals surface area contributed by atoms with E-state index >= 15 is 0 Å². The Labute approximate surface area is 172 Å². The highest BCUT2D eigenvalue weighted by Crippen LogP contribution is 2.18. The number of aromatic nitrogens is 3. The Balaban J connectivity index is 0.000000396. The normalized spacial score (nSPS) is 16.5. The molecule has 0 saturated carbocycles. The number of amides is 1. The highest BCUT2D eigenvalue weighted by atomic mass is 19.4. The topological polar surface area (TPSA) is 94.5 Å². The van der Waals surface area contributed by atoms with E-state index in [2.05, 4.69) is 33.3 Å². The molecule has 2 N–H and O–H groups in total. The lowest BCUT2D eigenvalue weighted by Gasteiger charge is -2.28. The Morgan fingerprint density at radius 1 is 1.30 bits per heavy atom. The number of hydrogen-bond donors (Lipinski definition) is 2. The maximum atomic E-state index is 12.8. The lowest BCUT2D eigenvalue weighted by molar-refractivity contribution is -0.192. The minimum absolute atomic E-state index is 0.0518. The second-order valence-electron chi connectivity index (χ2n) is 6.92. The zero-order chi connectivity index (χ0) is 22.3. The number of alkyl halides is 3. The molecule has 30 heavy (non-hydrogen) atoms. The summed E-state index contributed by atoms with van der Waals surface area (Å²) in [6.07, 6.45) is 0.555. The van der Waals surface area contributed by atoms with Crippen molar-refractivity contribution < 1.29 is 27.9 Å². The fraction of sp³-hybridized carbons (Fsp3) is 0.526. The Hall–Kier alpha value is -2.82. The summed E-state index contributed by atoms with van der Waals surface area (Å²) in [6.45, 7) is 9.69. The second-order valence-corrected chi connectivity index (χ2v) is 6.92. The van der Waals surface area contributed by atoms with Crippen LogP contribution in [0.5, 0.6) is 0 Å². The van der Waals surface area contributed by atoms with Crippen LogP contribution in [0, 0.1) is 5.92 Å². The molecule has 2 aromatic rings. The van der Waals surface area contributed by atoms with Gasteiger partial charge in [0.25, 0.3) is 5.91 Å². The van der Waals surface area contributed by atoms with Crippen molar-refractivity contribution in [2.45, 2.75) is 33.1 Å². The molecule has 0 fully saturated rings. The molecule has 166 valence electrons. The van der Waals surface area contributed by atoms with Gasteiger partial charge in [-0.25, -0.2) is 9.78 Å². The molecule has 11 heteroatoms. The van der Waals surface area contributed by atoms with Crippen LogP contribution < -0.4 is 0 Å². The average Bonchev–Trinajstić information content (AvgIpc) is 3.34. The van der Waals surface area contributed by atoms with E-state index in [4.69, 9.17) is 9.90 Å². The second kappa shape index (κ2) is 10.3. The standard InChI is InChI=1S/C17H25N5O.C2HF3O2/c1-3-20(4-2)10-14-11-21-9-8-19-16(21)13-22(12-14)17(23)15-6-5-7-18-15;3-2(4,5)1(6)7/h5-9,14,18H,3-4,10-13H2,1-2H3;(H,6,7). The molecule has 0 aliphatic carbocycles. The van der Waals surface area contributed by atoms with Crippen molar-refractivity contribution in [1.29, 1.82) is 0 Å². The first-order valence-corrected chi connectivity index (χ1v) is 9.60. The number of rotatable bonds is 5. The van der Waals surface area contributed by atoms with Crippen LogP contribution in [0.1, 0.15) is 30.2 Å². The number of carboxylic acid groups (broad SMARTS) is 1. The van der Waals surface area contributed by atoms with Crippen LogP contribution in [-0.2, 0) is 17.9 Å². The number of H-pyrrole nitrogens is 1. The van der Waals surface area contributed by atoms with Crippen molar-refractivity contribution in [3.05, 3.63) is 42.2 Å². The van der Waals surface area contributed by atoms with Gasteiger partial charge in [-0.05, 0) is 25.2 Å². The predicted octanol–water partition coefficient (Wildman–Crippen LogP) is 2.46. The number of hydrogen-bond acceptors (Lipinski definition) is 4. The number of carbonyl (C=O) groups excluding carboxylic acids is 1. The van der Waals surface area contributed by atoms with Crippen molar-refractivity contribution in [3.8, 4) is 0 Å². The Morgan fingerprint density at radius 3 is 2.50 bits per heavy atom. The lowest BCUT2D eigenvalue weighted by Crippen LogP contribution is -2.39. The van der Waals surface area contributed by atoms with E-state index < -0.39 is 12.1 Å². The van der Waals surface area contributed by atoms with Crippen LogP contribution in [0.3, 0.4) is 0 Å². The van der Waals surface area contributed by atoms with E-state index in [0.717, 1.165) is 38.5 Å². The molecule has 0 radical (unpaired) electrons. The third kappa shape index (κ3) is 6.34. The summed E-state index contributed by atoms with van der Waals surface area (Å²) in [4.78, 5) is 33.4. The van der Waals surface area contributed by atoms with E-state index in [0.29, 0.717) is 18.2 Å². The highest BCUT2D eigenvalue weighted by molar-refractivity contribution is 5.92. The van der Waals surface area contributed by atoms with Gasteiger partial charge in [0, 0.05) is 44.1 Å². The molecule has 1 atom stereocenters. The fourth-order valence-corrected chi connectivity index (χ4v) is 3.29. The zero-order valence-corrected chi connectivity index (χ0v) is 16.9. The smallest absolute Gasteiger partial charge is 0.475 e. The van der Waals surface area contributed by atoms with Crippen LogP contribution in [-0.4, -0.2) is 73.7 Å². The van der Waals surface area contributed by atoms with Crippen molar-refractivity contribution in [2.24, 2.45) is 5.92 Å². The van der Waals surface area contributed by atoms with Crippen LogP contribution in [0.25, 0.3) is 0 Å². The molecule has 8 nitrogen and oxygen atoms in total. The molecule has 1 amide bonds. The van der Waals surface area contributed by atoms with Gasteiger partial charge < -0.3 is 24.5 Å². The van der Waals surface area contributed by atoms with Crippen LogP contribution >= 0.6 is 0 Å². The van der Waals surface area contributed by atoms with E-state index in [1.807, 2.05) is 29.4 Å². The van der Waals surface area contributed by atoms with Gasteiger partial charge in [-0.15, -0.1) is 0 Å². The van der Waals surface area contributed by atoms with Crippen LogP contribution in [0.2, 0.25) is 0 Å². The summed E-state index contributed by atoms with van der Waals surface area (Å²) < 4.78 is 33.9. The number of fused-ring (bicyclic) bond motifs is 1. The molecule has 3 rings (SSSR count). The van der Waals surface area contributed by atoms with Crippen molar-refractivity contribution >= 4 is 11.9 Å². The van der Waals surface area contributed by atoms with Gasteiger partial charge in [0.05, 0.1) is 6.54 Å². The zero-order valence-electron chi connectivity index (χ0n) is 16.9. The van der Waals surface area contributed by atoms with E-state index in [9.17, 15) is 18.0 Å². The van der Waals surface area contributed by atoms with Crippen molar-refractivity contribution in [3.63, 3.8) is 0 Å². The average molecular weight is 429 g/mol. The number of carbonyl (C=O) groups is 2. The van der Waals surface area contributed by atoms with Gasteiger partial charge in [0.15, 0.2) is 0 Å². The minimum atomic E-state index is -5.08. The van der Waals surface area contributed by atoms with Gasteiger partial charge in [-0.1, -0.05) is 13.8 Å². The molecule has 0 saturated heterocycles. The molecule has 0 aromatic carbocycles. The first-order valence-electron chi connectivity index (χ1n) is 9.60. The quantitative estimate of drug-likeness (QED) is 0.762. The molecule has 1 aliphatic rings. The first-order chi connectivity index (χ1) is 14.2. The molecule has 2 aromatic heterocycles. The molecule has 3 heterocycles. The minimum Gasteiger partial charge on any atom is -0.475 e. The number of nitrogens with one attached hydrogen (secondary N) is 1. The molecular weight excluding hydrogens is 403 g/mol. The van der Waals surface area contributed by atoms with Gasteiger partial charge in [-0.2, -0.15) is 13.2 Å². The van der Waals surface area contributed by atoms with Gasteiger partial charge >= 0.3 is 12.1 Å². The number of aliphatic carboxylic acids is 1. The maximum absolute atomic E-state index is 12.8. The molecule has 1 unspecified atom stereocenters. The monoisotopic (exact) mass is 429 g/mol. The maximum Gasteiger partial charge on any atom is 0.490 e. The number of carboxylic acids is 1. The molecule has 0 bridgehead atoms.